The molecule has 3 amide bonds. The van der Waals surface area contributed by atoms with Crippen LogP contribution in [-0.2, 0) is 25.0 Å². The molecule has 2 aromatic rings. The molecule has 0 radical (unpaired) electrons. The van der Waals surface area contributed by atoms with Gasteiger partial charge in [0, 0.05) is 17.4 Å². The van der Waals surface area contributed by atoms with E-state index >= 15 is 0 Å². The van der Waals surface area contributed by atoms with Crippen LogP contribution in [0.2, 0.25) is 0 Å². The van der Waals surface area contributed by atoms with Crippen molar-refractivity contribution in [2.45, 2.75) is 122 Å². The Hall–Kier alpha value is -3.60. The van der Waals surface area contributed by atoms with Crippen LogP contribution in [0, 0.1) is 11.8 Å². The quantitative estimate of drug-likeness (QED) is 0.160. The molecule has 0 bridgehead atoms. The molecule has 11 heteroatoms. The van der Waals surface area contributed by atoms with Gasteiger partial charge in [-0.1, -0.05) is 91.7 Å². The SMILES string of the molecule is CC(C)CCCC(C)NC(=O)[C@@H](CC1CCCCC1)NC(=O)N(CC(=O)O)c1ccc(NS(=O)(=O)c2ccc(C(C)(C)C)cc2)cc1. The van der Waals surface area contributed by atoms with E-state index in [1.165, 1.54) is 24.3 Å². The summed E-state index contributed by atoms with van der Waals surface area (Å²) in [5, 5.41) is 15.6. The van der Waals surface area contributed by atoms with Crippen molar-refractivity contribution in [2.75, 3.05) is 16.2 Å². The van der Waals surface area contributed by atoms with Crippen molar-refractivity contribution in [3.05, 3.63) is 54.1 Å². The van der Waals surface area contributed by atoms with Gasteiger partial charge in [0.05, 0.1) is 4.90 Å². The van der Waals surface area contributed by atoms with Crippen LogP contribution in [0.15, 0.2) is 53.4 Å². The minimum Gasteiger partial charge on any atom is -0.480 e. The summed E-state index contributed by atoms with van der Waals surface area (Å²) in [6.07, 6.45) is 8.67. The number of hydrogen-bond acceptors (Lipinski definition) is 5. The van der Waals surface area contributed by atoms with Gasteiger partial charge in [-0.15, -0.1) is 0 Å². The minimum absolute atomic E-state index is 0.0603. The fourth-order valence-corrected chi connectivity index (χ4v) is 6.99. The second-order valence-electron chi connectivity index (χ2n) is 14.4. The fourth-order valence-electron chi connectivity index (χ4n) is 5.94. The number of nitrogens with zero attached hydrogens (tertiary/aromatic N) is 1. The molecule has 1 aliphatic rings. The summed E-state index contributed by atoms with van der Waals surface area (Å²) < 4.78 is 28.6. The topological polar surface area (TPSA) is 145 Å². The Bertz CT molecular complexity index is 1430. The minimum atomic E-state index is -3.89. The number of carbonyl (C=O) groups is 3. The van der Waals surface area contributed by atoms with E-state index in [2.05, 4.69) is 29.2 Å². The van der Waals surface area contributed by atoms with Gasteiger partial charge >= 0.3 is 12.0 Å². The van der Waals surface area contributed by atoms with Crippen LogP contribution >= 0.6 is 0 Å². The number of urea groups is 1. The lowest BCUT2D eigenvalue weighted by molar-refractivity contribution is -0.135. The van der Waals surface area contributed by atoms with E-state index < -0.39 is 34.6 Å². The number of aliphatic carboxylic acids is 1. The summed E-state index contributed by atoms with van der Waals surface area (Å²) in [6.45, 7) is 11.8. The van der Waals surface area contributed by atoms with Crippen molar-refractivity contribution in [3.8, 4) is 0 Å². The Morgan fingerprint density at radius 3 is 2.06 bits per heavy atom. The molecule has 10 nitrogen and oxygen atoms in total. The maximum absolute atomic E-state index is 13.6. The van der Waals surface area contributed by atoms with Crippen molar-refractivity contribution in [2.24, 2.45) is 11.8 Å². The van der Waals surface area contributed by atoms with Crippen LogP contribution < -0.4 is 20.3 Å². The maximum Gasteiger partial charge on any atom is 0.323 e. The first-order valence-electron chi connectivity index (χ1n) is 16.9. The number of anilines is 2. The van der Waals surface area contributed by atoms with Gasteiger partial charge in [0.2, 0.25) is 5.91 Å². The Kier molecular flexibility index (Phi) is 13.7. The molecule has 2 aromatic carbocycles. The van der Waals surface area contributed by atoms with E-state index in [1.54, 1.807) is 24.3 Å². The lowest BCUT2D eigenvalue weighted by atomic mass is 9.84. The average molecular weight is 671 g/mol. The first-order valence-corrected chi connectivity index (χ1v) is 18.4. The molecule has 1 unspecified atom stereocenters. The molecular weight excluding hydrogens is 616 g/mol. The number of carboxylic acids is 1. The number of rotatable bonds is 15. The zero-order chi connectivity index (χ0) is 34.8. The van der Waals surface area contributed by atoms with E-state index in [9.17, 15) is 27.9 Å². The third-order valence-electron chi connectivity index (χ3n) is 8.72. The van der Waals surface area contributed by atoms with Crippen molar-refractivity contribution in [3.63, 3.8) is 0 Å². The molecule has 47 heavy (non-hydrogen) atoms. The Morgan fingerprint density at radius 2 is 1.51 bits per heavy atom. The number of amides is 3. The highest BCUT2D eigenvalue weighted by atomic mass is 32.2. The second kappa shape index (κ2) is 17.0. The highest BCUT2D eigenvalue weighted by Gasteiger charge is 2.30. The average Bonchev–Trinajstić information content (AvgIpc) is 2.99. The summed E-state index contributed by atoms with van der Waals surface area (Å²) in [7, 11) is -3.89. The van der Waals surface area contributed by atoms with Crippen molar-refractivity contribution >= 4 is 39.3 Å². The Morgan fingerprint density at radius 1 is 0.894 bits per heavy atom. The highest BCUT2D eigenvalue weighted by molar-refractivity contribution is 7.92. The summed E-state index contributed by atoms with van der Waals surface area (Å²) in [5.74, 6) is -0.621. The number of carbonyl (C=O) groups excluding carboxylic acids is 2. The summed E-state index contributed by atoms with van der Waals surface area (Å²) >= 11 is 0. The van der Waals surface area contributed by atoms with Crippen LogP contribution in [0.5, 0.6) is 0 Å². The fraction of sp³-hybridized carbons (Fsp3) is 0.583. The van der Waals surface area contributed by atoms with Crippen LogP contribution in [0.25, 0.3) is 0 Å². The van der Waals surface area contributed by atoms with Gasteiger partial charge in [-0.2, -0.15) is 0 Å². The molecule has 0 aromatic heterocycles. The lowest BCUT2D eigenvalue weighted by Gasteiger charge is -2.30. The molecule has 0 saturated heterocycles. The zero-order valence-corrected chi connectivity index (χ0v) is 29.7. The highest BCUT2D eigenvalue weighted by Crippen LogP contribution is 2.28. The molecule has 2 atom stereocenters. The molecule has 1 saturated carbocycles. The second-order valence-corrected chi connectivity index (χ2v) is 16.1. The van der Waals surface area contributed by atoms with Gasteiger partial charge < -0.3 is 15.7 Å². The molecule has 1 fully saturated rings. The first kappa shape index (κ1) is 37.9. The molecule has 1 aliphatic carbocycles. The van der Waals surface area contributed by atoms with Crippen LogP contribution in [0.1, 0.15) is 105 Å². The predicted octanol–water partition coefficient (Wildman–Crippen LogP) is 7.06. The Balaban J connectivity index is 1.75. The third kappa shape index (κ3) is 12.2. The summed E-state index contributed by atoms with van der Waals surface area (Å²) in [5.41, 5.74) is 1.39. The first-order chi connectivity index (χ1) is 22.0. The van der Waals surface area contributed by atoms with Gasteiger partial charge in [0.25, 0.3) is 10.0 Å². The maximum atomic E-state index is 13.6. The zero-order valence-electron chi connectivity index (χ0n) is 28.8. The van der Waals surface area contributed by atoms with Gasteiger partial charge in [-0.3, -0.25) is 19.2 Å². The summed E-state index contributed by atoms with van der Waals surface area (Å²) in [6, 6.07) is 11.0. The third-order valence-corrected chi connectivity index (χ3v) is 10.1. The molecule has 0 spiro atoms. The van der Waals surface area contributed by atoms with E-state index in [0.29, 0.717) is 18.3 Å². The molecule has 4 N–H and O–H groups in total. The van der Waals surface area contributed by atoms with Gasteiger partial charge in [0.1, 0.15) is 12.6 Å². The molecular formula is C36H54N4O6S. The number of nitrogens with one attached hydrogen (secondary N) is 3. The molecule has 0 heterocycles. The number of sulfonamides is 1. The van der Waals surface area contributed by atoms with Gasteiger partial charge in [-0.05, 0) is 79.0 Å². The number of benzene rings is 2. The van der Waals surface area contributed by atoms with E-state index in [4.69, 9.17) is 0 Å². The van der Waals surface area contributed by atoms with Gasteiger partial charge in [-0.25, -0.2) is 13.2 Å². The van der Waals surface area contributed by atoms with Crippen LogP contribution in [-0.4, -0.2) is 50.1 Å². The Labute approximate surface area is 281 Å². The van der Waals surface area contributed by atoms with Crippen molar-refractivity contribution in [1.29, 1.82) is 0 Å². The van der Waals surface area contributed by atoms with E-state index in [1.807, 2.05) is 27.7 Å². The smallest absolute Gasteiger partial charge is 0.323 e. The van der Waals surface area contributed by atoms with Gasteiger partial charge in [0.15, 0.2) is 0 Å². The monoisotopic (exact) mass is 670 g/mol. The van der Waals surface area contributed by atoms with E-state index in [-0.39, 0.29) is 33.6 Å². The molecule has 0 aliphatic heterocycles. The van der Waals surface area contributed by atoms with Crippen LogP contribution in [0.4, 0.5) is 16.2 Å². The van der Waals surface area contributed by atoms with Crippen molar-refractivity contribution in [1.82, 2.24) is 10.6 Å². The number of carboxylic acid groups (broad SMARTS) is 1. The largest absolute Gasteiger partial charge is 0.480 e. The predicted molar refractivity (Wildman–Crippen MR) is 187 cm³/mol. The molecule has 260 valence electrons. The van der Waals surface area contributed by atoms with Crippen molar-refractivity contribution < 1.29 is 27.9 Å². The standard InChI is InChI=1S/C36H54N4O6S/c1-25(2)11-10-12-26(3)37-34(43)32(23-27-13-8-7-9-14-27)38-35(44)40(24-33(41)42)30-19-17-29(18-20-30)39-47(45,46)31-21-15-28(16-22-31)36(4,5)6/h15-22,25-27,32,39H,7-14,23-24H2,1-6H3,(H,37,43)(H,38,44)(H,41,42)/t26?,32-/m1/s1. The number of hydrogen-bond donors (Lipinski definition) is 4. The normalized spacial score (nSPS) is 15.5. The van der Waals surface area contributed by atoms with Crippen LogP contribution in [0.3, 0.4) is 0 Å². The summed E-state index contributed by atoms with van der Waals surface area (Å²) in [4.78, 5) is 40.1. The van der Waals surface area contributed by atoms with E-state index in [0.717, 1.165) is 61.8 Å². The lowest BCUT2D eigenvalue weighted by Crippen LogP contribution is -2.54. The molecule has 3 rings (SSSR count).